The third-order valence-electron chi connectivity index (χ3n) is 3.90. The number of rotatable bonds is 4. The molecule has 0 radical (unpaired) electrons. The Morgan fingerprint density at radius 3 is 2.56 bits per heavy atom. The molecule has 2 unspecified atom stereocenters. The van der Waals surface area contributed by atoms with E-state index in [4.69, 9.17) is 5.11 Å². The first-order valence-electron chi connectivity index (χ1n) is 7.02. The second kappa shape index (κ2) is 5.75. The predicted molar refractivity (Wildman–Crippen MR) is 77.1 cm³/mol. The van der Waals surface area contributed by atoms with E-state index < -0.39 is 0 Å². The number of anilines is 1. The number of aliphatic hydroxyl groups is 1. The van der Waals surface area contributed by atoms with Gasteiger partial charge in [-0.3, -0.25) is 0 Å². The smallest absolute Gasteiger partial charge is 0.0456 e. The Labute approximate surface area is 111 Å². The van der Waals surface area contributed by atoms with Crippen molar-refractivity contribution in [3.63, 3.8) is 0 Å². The van der Waals surface area contributed by atoms with Crippen LogP contribution < -0.4 is 4.90 Å². The van der Waals surface area contributed by atoms with Crippen molar-refractivity contribution in [2.45, 2.75) is 33.6 Å². The number of aliphatic hydroxyl groups excluding tert-OH is 1. The quantitative estimate of drug-likeness (QED) is 0.883. The molecule has 1 heterocycles. The molecular weight excluding hydrogens is 222 g/mol. The maximum atomic E-state index is 9.14. The van der Waals surface area contributed by atoms with Gasteiger partial charge in [-0.25, -0.2) is 0 Å². The van der Waals surface area contributed by atoms with Crippen molar-refractivity contribution in [3.8, 4) is 0 Å². The van der Waals surface area contributed by atoms with E-state index in [1.165, 1.54) is 23.2 Å². The van der Waals surface area contributed by atoms with Gasteiger partial charge in [0.05, 0.1) is 0 Å². The summed E-state index contributed by atoms with van der Waals surface area (Å²) in [6.07, 6.45) is 2.41. The average Bonchev–Trinajstić information content (AvgIpc) is 2.76. The summed E-state index contributed by atoms with van der Waals surface area (Å²) in [4.78, 5) is 2.49. The van der Waals surface area contributed by atoms with Crippen LogP contribution >= 0.6 is 0 Å². The van der Waals surface area contributed by atoms with E-state index in [1.807, 2.05) is 0 Å². The lowest BCUT2D eigenvalue weighted by molar-refractivity contribution is 0.215. The number of nitrogens with zero attached hydrogens (tertiary/aromatic N) is 1. The molecule has 0 aromatic heterocycles. The molecular formula is C16H25NO. The van der Waals surface area contributed by atoms with Crippen molar-refractivity contribution in [3.05, 3.63) is 29.3 Å². The fourth-order valence-corrected chi connectivity index (χ4v) is 3.04. The van der Waals surface area contributed by atoms with Gasteiger partial charge < -0.3 is 10.0 Å². The summed E-state index contributed by atoms with van der Waals surface area (Å²) in [6, 6.07) is 6.79. The van der Waals surface area contributed by atoms with Gasteiger partial charge >= 0.3 is 0 Å². The van der Waals surface area contributed by atoms with Crippen LogP contribution in [-0.4, -0.2) is 24.8 Å². The molecule has 1 aliphatic rings. The summed E-state index contributed by atoms with van der Waals surface area (Å²) in [5.74, 6) is 1.18. The molecule has 2 rings (SSSR count). The lowest BCUT2D eigenvalue weighted by atomic mass is 9.96. The van der Waals surface area contributed by atoms with Crippen molar-refractivity contribution in [2.24, 2.45) is 11.8 Å². The van der Waals surface area contributed by atoms with Gasteiger partial charge in [0.15, 0.2) is 0 Å². The van der Waals surface area contributed by atoms with Crippen LogP contribution in [0.15, 0.2) is 18.2 Å². The molecule has 2 atom stereocenters. The summed E-state index contributed by atoms with van der Waals surface area (Å²) in [7, 11) is 0. The minimum Gasteiger partial charge on any atom is -0.396 e. The molecule has 1 aliphatic heterocycles. The van der Waals surface area contributed by atoms with Crippen molar-refractivity contribution >= 4 is 5.69 Å². The Bertz CT molecular complexity index is 382. The first-order valence-corrected chi connectivity index (χ1v) is 7.02. The number of benzene rings is 1. The molecule has 1 fully saturated rings. The molecule has 0 aliphatic carbocycles. The summed E-state index contributed by atoms with van der Waals surface area (Å²) in [5, 5.41) is 9.14. The van der Waals surface area contributed by atoms with E-state index in [0.29, 0.717) is 12.5 Å². The van der Waals surface area contributed by atoms with Crippen LogP contribution in [0.25, 0.3) is 0 Å². The zero-order chi connectivity index (χ0) is 13.1. The lowest BCUT2D eigenvalue weighted by Gasteiger charge is -2.20. The molecule has 100 valence electrons. The summed E-state index contributed by atoms with van der Waals surface area (Å²) in [6.45, 7) is 9.09. The normalized spacial score (nSPS) is 21.3. The number of aryl methyl sites for hydroxylation is 2. The van der Waals surface area contributed by atoms with Gasteiger partial charge in [0.2, 0.25) is 0 Å². The fraction of sp³-hybridized carbons (Fsp3) is 0.625. The van der Waals surface area contributed by atoms with Crippen LogP contribution in [0.4, 0.5) is 5.69 Å². The third-order valence-corrected chi connectivity index (χ3v) is 3.90. The molecule has 1 saturated heterocycles. The SMILES string of the molecule is Cc1cc(C)cc(N2CCC(CC(C)CO)C2)c1. The zero-order valence-electron chi connectivity index (χ0n) is 11.8. The van der Waals surface area contributed by atoms with Crippen LogP contribution in [-0.2, 0) is 0 Å². The zero-order valence-corrected chi connectivity index (χ0v) is 11.8. The number of hydrogen-bond acceptors (Lipinski definition) is 2. The van der Waals surface area contributed by atoms with E-state index in [2.05, 4.69) is 43.9 Å². The van der Waals surface area contributed by atoms with Crippen molar-refractivity contribution in [2.75, 3.05) is 24.6 Å². The van der Waals surface area contributed by atoms with Crippen molar-refractivity contribution < 1.29 is 5.11 Å². The maximum Gasteiger partial charge on any atom is 0.0456 e. The molecule has 2 heteroatoms. The Hall–Kier alpha value is -1.02. The van der Waals surface area contributed by atoms with Gasteiger partial charge in [0.25, 0.3) is 0 Å². The van der Waals surface area contributed by atoms with E-state index in [0.717, 1.165) is 25.4 Å². The molecule has 0 saturated carbocycles. The third kappa shape index (κ3) is 3.26. The fourth-order valence-electron chi connectivity index (χ4n) is 3.04. The Balaban J connectivity index is 1.99. The van der Waals surface area contributed by atoms with Crippen LogP contribution in [0.1, 0.15) is 30.9 Å². The minimum atomic E-state index is 0.319. The van der Waals surface area contributed by atoms with Crippen LogP contribution in [0, 0.1) is 25.7 Å². The highest BCUT2D eigenvalue weighted by Crippen LogP contribution is 2.28. The highest BCUT2D eigenvalue weighted by atomic mass is 16.3. The Morgan fingerprint density at radius 2 is 1.94 bits per heavy atom. The molecule has 1 aromatic carbocycles. The second-order valence-electron chi connectivity index (χ2n) is 5.97. The average molecular weight is 247 g/mol. The van der Waals surface area contributed by atoms with Gasteiger partial charge in [-0.2, -0.15) is 0 Å². The van der Waals surface area contributed by atoms with E-state index in [1.54, 1.807) is 0 Å². The van der Waals surface area contributed by atoms with Gasteiger partial charge in [-0.05, 0) is 61.8 Å². The highest BCUT2D eigenvalue weighted by Gasteiger charge is 2.24. The van der Waals surface area contributed by atoms with Gasteiger partial charge in [-0.15, -0.1) is 0 Å². The minimum absolute atomic E-state index is 0.319. The molecule has 0 bridgehead atoms. The van der Waals surface area contributed by atoms with E-state index >= 15 is 0 Å². The van der Waals surface area contributed by atoms with Crippen LogP contribution in [0.2, 0.25) is 0 Å². The summed E-state index contributed by atoms with van der Waals surface area (Å²) < 4.78 is 0. The molecule has 2 nitrogen and oxygen atoms in total. The molecule has 0 spiro atoms. The highest BCUT2D eigenvalue weighted by molar-refractivity contribution is 5.51. The topological polar surface area (TPSA) is 23.5 Å². The van der Waals surface area contributed by atoms with E-state index in [-0.39, 0.29) is 0 Å². The first kappa shape index (κ1) is 13.4. The van der Waals surface area contributed by atoms with E-state index in [9.17, 15) is 0 Å². The molecule has 0 amide bonds. The lowest BCUT2D eigenvalue weighted by Crippen LogP contribution is -2.20. The van der Waals surface area contributed by atoms with Crippen LogP contribution in [0.3, 0.4) is 0 Å². The van der Waals surface area contributed by atoms with Gasteiger partial charge in [0.1, 0.15) is 0 Å². The van der Waals surface area contributed by atoms with Crippen molar-refractivity contribution in [1.29, 1.82) is 0 Å². The van der Waals surface area contributed by atoms with Crippen LogP contribution in [0.5, 0.6) is 0 Å². The second-order valence-corrected chi connectivity index (χ2v) is 5.97. The van der Waals surface area contributed by atoms with Gasteiger partial charge in [0, 0.05) is 25.4 Å². The predicted octanol–water partition coefficient (Wildman–Crippen LogP) is 3.15. The number of hydrogen-bond donors (Lipinski definition) is 1. The largest absolute Gasteiger partial charge is 0.396 e. The Kier molecular flexibility index (Phi) is 4.28. The standard InChI is InChI=1S/C16H25NO/c1-12-6-13(2)9-16(8-12)17-5-4-15(10-17)7-14(3)11-18/h6,8-9,14-15,18H,4-5,7,10-11H2,1-3H3. The van der Waals surface area contributed by atoms with Crippen molar-refractivity contribution in [1.82, 2.24) is 0 Å². The molecule has 18 heavy (non-hydrogen) atoms. The Morgan fingerprint density at radius 1 is 1.28 bits per heavy atom. The first-order chi connectivity index (χ1) is 8.58. The monoisotopic (exact) mass is 247 g/mol. The summed E-state index contributed by atoms with van der Waals surface area (Å²) in [5.41, 5.74) is 4.06. The van der Waals surface area contributed by atoms with Gasteiger partial charge in [-0.1, -0.05) is 13.0 Å². The molecule has 1 N–H and O–H groups in total. The summed E-state index contributed by atoms with van der Waals surface area (Å²) >= 11 is 0. The molecule has 1 aromatic rings. The maximum absolute atomic E-state index is 9.14.